The Morgan fingerprint density at radius 1 is 0.968 bits per heavy atom. The molecule has 0 aliphatic heterocycles. The molecule has 5 nitrogen and oxygen atoms in total. The molecule has 0 unspecified atom stereocenters. The van der Waals surface area contributed by atoms with Gasteiger partial charge in [-0.3, -0.25) is 4.98 Å². The largest absolute Gasteiger partial charge is 0.497 e. The molecule has 0 amide bonds. The van der Waals surface area contributed by atoms with Crippen molar-refractivity contribution >= 4 is 37.9 Å². The summed E-state index contributed by atoms with van der Waals surface area (Å²) < 4.78 is 25.9. The predicted molar refractivity (Wildman–Crippen MR) is 129 cm³/mol. The quantitative estimate of drug-likeness (QED) is 0.312. The zero-order valence-electron chi connectivity index (χ0n) is 18.4. The lowest BCUT2D eigenvalue weighted by Gasteiger charge is -2.08. The first-order valence-corrected chi connectivity index (χ1v) is 11.0. The number of nitrogens with one attached hydrogen (secondary N) is 1. The van der Waals surface area contributed by atoms with E-state index in [4.69, 9.17) is 15.2 Å². The number of rotatable bonds is 5. The molecule has 0 fully saturated rings. The molecule has 0 saturated carbocycles. The molecule has 164 valence electrons. The number of methoxy groups -OCH3 is 1. The SMILES string of the molecule is CC.CC.COc1cccc(Nc2cc3nccc(Oc4ccc(N)cc4F)c3s2)c1. The number of halogens is 1. The molecule has 3 N–H and O–H groups in total. The monoisotopic (exact) mass is 441 g/mol. The van der Waals surface area contributed by atoms with Crippen LogP contribution in [-0.2, 0) is 0 Å². The Bertz CT molecular complexity index is 1120. The van der Waals surface area contributed by atoms with Gasteiger partial charge in [-0.2, -0.15) is 0 Å². The van der Waals surface area contributed by atoms with E-state index in [0.29, 0.717) is 11.4 Å². The standard InChI is InChI=1S/C20H16FN3O2S.2C2H6/c1-25-14-4-2-3-13(10-14)24-19-11-16-20(27-19)18(7-8-23-16)26-17-6-5-12(22)9-15(17)21;2*1-2/h2-11,24H,22H2,1H3;2*1-2H3. The Balaban J connectivity index is 0.000000807. The number of thiophene rings is 1. The van der Waals surface area contributed by atoms with Gasteiger partial charge in [-0.1, -0.05) is 33.8 Å². The maximum atomic E-state index is 14.1. The lowest BCUT2D eigenvalue weighted by Crippen LogP contribution is -1.91. The first-order valence-electron chi connectivity index (χ1n) is 10.1. The predicted octanol–water partition coefficient (Wildman–Crippen LogP) is 7.61. The van der Waals surface area contributed by atoms with Crippen molar-refractivity contribution in [1.82, 2.24) is 4.98 Å². The van der Waals surface area contributed by atoms with Crippen LogP contribution >= 0.6 is 11.3 Å². The molecular formula is C24H28FN3O2S. The molecule has 0 saturated heterocycles. The van der Waals surface area contributed by atoms with Crippen molar-refractivity contribution in [1.29, 1.82) is 0 Å². The Morgan fingerprint density at radius 3 is 2.45 bits per heavy atom. The minimum Gasteiger partial charge on any atom is -0.497 e. The average Bonchev–Trinajstić information content (AvgIpc) is 3.22. The summed E-state index contributed by atoms with van der Waals surface area (Å²) in [5.74, 6) is 0.910. The smallest absolute Gasteiger partial charge is 0.167 e. The van der Waals surface area contributed by atoms with E-state index in [1.807, 2.05) is 58.0 Å². The molecule has 2 aromatic heterocycles. The molecule has 4 aromatic rings. The fourth-order valence-corrected chi connectivity index (χ4v) is 3.60. The fraction of sp³-hybridized carbons (Fsp3) is 0.208. The third kappa shape index (κ3) is 6.08. The van der Waals surface area contributed by atoms with Gasteiger partial charge >= 0.3 is 0 Å². The number of anilines is 3. The Labute approximate surface area is 186 Å². The lowest BCUT2D eigenvalue weighted by atomic mass is 10.3. The van der Waals surface area contributed by atoms with Crippen LogP contribution in [-0.4, -0.2) is 12.1 Å². The van der Waals surface area contributed by atoms with Gasteiger partial charge in [0.2, 0.25) is 0 Å². The van der Waals surface area contributed by atoms with E-state index in [0.717, 1.165) is 26.7 Å². The van der Waals surface area contributed by atoms with E-state index in [2.05, 4.69) is 10.3 Å². The number of nitrogen functional groups attached to an aromatic ring is 1. The molecule has 0 atom stereocenters. The summed E-state index contributed by atoms with van der Waals surface area (Å²) in [6.45, 7) is 8.00. The van der Waals surface area contributed by atoms with E-state index in [1.54, 1.807) is 25.4 Å². The van der Waals surface area contributed by atoms with Crippen molar-refractivity contribution in [3.05, 3.63) is 66.6 Å². The summed E-state index contributed by atoms with van der Waals surface area (Å²) >= 11 is 1.47. The summed E-state index contributed by atoms with van der Waals surface area (Å²) in [4.78, 5) is 4.37. The van der Waals surface area contributed by atoms with Crippen molar-refractivity contribution in [3.63, 3.8) is 0 Å². The minimum atomic E-state index is -0.508. The molecule has 0 bridgehead atoms. The first kappa shape index (κ1) is 24.0. The topological polar surface area (TPSA) is 69.4 Å². The molecule has 0 aliphatic carbocycles. The molecule has 2 heterocycles. The number of nitrogens with zero attached hydrogens (tertiary/aromatic N) is 1. The van der Waals surface area contributed by atoms with Crippen molar-refractivity contribution in [2.45, 2.75) is 27.7 Å². The molecule has 4 rings (SSSR count). The number of fused-ring (bicyclic) bond motifs is 1. The number of hydrogen-bond acceptors (Lipinski definition) is 6. The van der Waals surface area contributed by atoms with Gasteiger partial charge in [0, 0.05) is 35.8 Å². The van der Waals surface area contributed by atoms with Crippen LogP contribution in [0.2, 0.25) is 0 Å². The third-order valence-corrected chi connectivity index (χ3v) is 4.94. The van der Waals surface area contributed by atoms with Crippen molar-refractivity contribution in [2.75, 3.05) is 18.2 Å². The fourth-order valence-electron chi connectivity index (χ4n) is 2.62. The number of nitrogens with two attached hydrogens (primary N) is 1. The second-order valence-electron chi connectivity index (χ2n) is 5.78. The van der Waals surface area contributed by atoms with Crippen LogP contribution in [0.5, 0.6) is 17.2 Å². The highest BCUT2D eigenvalue weighted by Gasteiger charge is 2.12. The van der Waals surface area contributed by atoms with E-state index in [1.165, 1.54) is 23.5 Å². The normalized spacial score (nSPS) is 9.74. The summed E-state index contributed by atoms with van der Waals surface area (Å²) in [7, 11) is 1.63. The number of pyridine rings is 1. The molecule has 0 spiro atoms. The Kier molecular flexibility index (Phi) is 9.09. The first-order chi connectivity index (χ1) is 15.1. The second-order valence-corrected chi connectivity index (χ2v) is 6.84. The molecular weight excluding hydrogens is 413 g/mol. The van der Waals surface area contributed by atoms with Gasteiger partial charge in [-0.25, -0.2) is 4.39 Å². The van der Waals surface area contributed by atoms with E-state index in [9.17, 15) is 4.39 Å². The van der Waals surface area contributed by atoms with Crippen LogP contribution in [0, 0.1) is 5.82 Å². The van der Waals surface area contributed by atoms with Crippen LogP contribution in [0.25, 0.3) is 10.2 Å². The van der Waals surface area contributed by atoms with Crippen LogP contribution in [0.3, 0.4) is 0 Å². The Hall–Kier alpha value is -3.32. The van der Waals surface area contributed by atoms with Crippen LogP contribution in [0.4, 0.5) is 20.8 Å². The highest BCUT2D eigenvalue weighted by atomic mass is 32.1. The third-order valence-electron chi connectivity index (χ3n) is 3.89. The number of ether oxygens (including phenoxy) is 2. The minimum absolute atomic E-state index is 0.118. The zero-order chi connectivity index (χ0) is 22.8. The molecule has 7 heteroatoms. The van der Waals surface area contributed by atoms with Gasteiger partial charge in [-0.05, 0) is 30.3 Å². The molecule has 31 heavy (non-hydrogen) atoms. The zero-order valence-corrected chi connectivity index (χ0v) is 19.2. The molecule has 0 aliphatic rings. The summed E-state index contributed by atoms with van der Waals surface area (Å²) in [5, 5.41) is 4.22. The highest BCUT2D eigenvalue weighted by Crippen LogP contribution is 2.39. The summed E-state index contributed by atoms with van der Waals surface area (Å²) in [6, 6.07) is 15.6. The molecule has 0 radical (unpaired) electrons. The maximum absolute atomic E-state index is 14.1. The van der Waals surface area contributed by atoms with Gasteiger partial charge < -0.3 is 20.5 Å². The van der Waals surface area contributed by atoms with E-state index in [-0.39, 0.29) is 5.75 Å². The lowest BCUT2D eigenvalue weighted by molar-refractivity contribution is 0.415. The van der Waals surface area contributed by atoms with Gasteiger partial charge in [0.15, 0.2) is 11.6 Å². The van der Waals surface area contributed by atoms with Crippen LogP contribution in [0.1, 0.15) is 27.7 Å². The van der Waals surface area contributed by atoms with Gasteiger partial charge in [-0.15, -0.1) is 11.3 Å². The van der Waals surface area contributed by atoms with Gasteiger partial charge in [0.1, 0.15) is 11.5 Å². The Morgan fingerprint density at radius 2 is 1.74 bits per heavy atom. The van der Waals surface area contributed by atoms with Crippen LogP contribution < -0.4 is 20.5 Å². The highest BCUT2D eigenvalue weighted by molar-refractivity contribution is 7.23. The van der Waals surface area contributed by atoms with E-state index >= 15 is 0 Å². The summed E-state index contributed by atoms with van der Waals surface area (Å²) in [5.41, 5.74) is 7.59. The number of hydrogen-bond donors (Lipinski definition) is 2. The van der Waals surface area contributed by atoms with E-state index < -0.39 is 5.82 Å². The summed E-state index contributed by atoms with van der Waals surface area (Å²) in [6.07, 6.45) is 1.63. The second kappa shape index (κ2) is 11.8. The van der Waals surface area contributed by atoms with Crippen LogP contribution in [0.15, 0.2) is 60.8 Å². The number of aromatic nitrogens is 1. The average molecular weight is 442 g/mol. The van der Waals surface area contributed by atoms with Gasteiger partial charge in [0.05, 0.1) is 22.3 Å². The van der Waals surface area contributed by atoms with Gasteiger partial charge in [0.25, 0.3) is 0 Å². The van der Waals surface area contributed by atoms with Crippen molar-refractivity contribution < 1.29 is 13.9 Å². The maximum Gasteiger partial charge on any atom is 0.167 e. The molecule has 2 aromatic carbocycles. The van der Waals surface area contributed by atoms with Crippen molar-refractivity contribution in [3.8, 4) is 17.2 Å². The number of benzene rings is 2. The van der Waals surface area contributed by atoms with Crippen molar-refractivity contribution in [2.24, 2.45) is 0 Å².